The van der Waals surface area contributed by atoms with Crippen molar-refractivity contribution >= 4 is 0 Å². The quantitative estimate of drug-likeness (QED) is 0.811. The van der Waals surface area contributed by atoms with Crippen LogP contribution in [0.5, 0.6) is 0 Å². The Bertz CT molecular complexity index is 393. The lowest BCUT2D eigenvalue weighted by Gasteiger charge is -2.38. The second-order valence-corrected chi connectivity index (χ2v) is 5.24. The van der Waals surface area contributed by atoms with E-state index in [0.717, 1.165) is 18.9 Å². The van der Waals surface area contributed by atoms with Gasteiger partial charge in [0.25, 0.3) is 5.92 Å². The summed E-state index contributed by atoms with van der Waals surface area (Å²) in [5.41, 5.74) is 7.20. The third kappa shape index (κ3) is 2.70. The Hall–Kier alpha value is -1.00. The zero-order valence-corrected chi connectivity index (χ0v) is 10.7. The van der Waals surface area contributed by atoms with E-state index in [2.05, 4.69) is 5.32 Å². The number of fused-ring (bicyclic) bond motifs is 1. The maximum atomic E-state index is 13.3. The van der Waals surface area contributed by atoms with Gasteiger partial charge in [-0.15, -0.1) is 0 Å². The number of hydrogen-bond acceptors (Lipinski definition) is 2. The minimum absolute atomic E-state index is 0.0259. The van der Waals surface area contributed by atoms with Crippen molar-refractivity contribution in [2.75, 3.05) is 0 Å². The maximum absolute atomic E-state index is 13.3. The average Bonchev–Trinajstić information content (AvgIpc) is 2.28. The lowest BCUT2D eigenvalue weighted by atomic mass is 9.77. The Morgan fingerprint density at radius 3 is 2.89 bits per heavy atom. The van der Waals surface area contributed by atoms with E-state index < -0.39 is 12.0 Å². The molecule has 0 amide bonds. The van der Waals surface area contributed by atoms with Crippen LogP contribution in [0.2, 0.25) is 0 Å². The van der Waals surface area contributed by atoms with Crippen molar-refractivity contribution in [2.45, 2.75) is 44.3 Å². The Labute approximate surface area is 107 Å². The summed E-state index contributed by atoms with van der Waals surface area (Å²) in [6.07, 6.45) is 10.7. The molecule has 2 aliphatic carbocycles. The van der Waals surface area contributed by atoms with Crippen LogP contribution in [0, 0.1) is 5.92 Å². The van der Waals surface area contributed by atoms with Crippen molar-refractivity contribution in [1.29, 1.82) is 0 Å². The molecule has 4 atom stereocenters. The van der Waals surface area contributed by atoms with Crippen LogP contribution < -0.4 is 11.1 Å². The third-order valence-electron chi connectivity index (χ3n) is 3.78. The summed E-state index contributed by atoms with van der Waals surface area (Å²) in [6, 6.07) is -0.986. The molecule has 2 rings (SSSR count). The van der Waals surface area contributed by atoms with Crippen LogP contribution >= 0.6 is 0 Å². The van der Waals surface area contributed by atoms with Gasteiger partial charge in [0, 0.05) is 24.9 Å². The van der Waals surface area contributed by atoms with Gasteiger partial charge in [0.2, 0.25) is 0 Å². The van der Waals surface area contributed by atoms with Crippen LogP contribution in [0.15, 0.2) is 36.0 Å². The fourth-order valence-corrected chi connectivity index (χ4v) is 2.55. The molecule has 0 bridgehead atoms. The number of alkyl halides is 2. The van der Waals surface area contributed by atoms with Crippen LogP contribution in [0.4, 0.5) is 8.78 Å². The van der Waals surface area contributed by atoms with Crippen molar-refractivity contribution in [3.05, 3.63) is 36.0 Å². The average molecular weight is 254 g/mol. The molecule has 100 valence electrons. The number of rotatable bonds is 3. The van der Waals surface area contributed by atoms with E-state index in [1.54, 1.807) is 0 Å². The predicted octanol–water partition coefficient (Wildman–Crippen LogP) is 2.39. The van der Waals surface area contributed by atoms with E-state index in [1.165, 1.54) is 6.92 Å². The van der Waals surface area contributed by atoms with Crippen LogP contribution in [0.3, 0.4) is 0 Å². The summed E-state index contributed by atoms with van der Waals surface area (Å²) in [5.74, 6) is -2.63. The summed E-state index contributed by atoms with van der Waals surface area (Å²) in [7, 11) is 0. The monoisotopic (exact) mass is 254 g/mol. The zero-order valence-electron chi connectivity index (χ0n) is 10.7. The number of allylic oxidation sites excluding steroid dienone is 3. The van der Waals surface area contributed by atoms with Crippen LogP contribution in [-0.2, 0) is 0 Å². The smallest absolute Gasteiger partial charge is 0.260 e. The Kier molecular flexibility index (Phi) is 3.69. The SMILES string of the molecule is CC(NC1CC=CC2=CC=CC(N)C21)C(C)(F)F. The first-order valence-corrected chi connectivity index (χ1v) is 6.34. The molecule has 4 heteroatoms. The molecule has 2 aliphatic rings. The number of nitrogens with two attached hydrogens (primary N) is 1. The first-order valence-electron chi connectivity index (χ1n) is 6.34. The van der Waals surface area contributed by atoms with E-state index >= 15 is 0 Å². The van der Waals surface area contributed by atoms with Gasteiger partial charge in [0.1, 0.15) is 0 Å². The topological polar surface area (TPSA) is 38.0 Å². The highest BCUT2D eigenvalue weighted by Gasteiger charge is 2.37. The van der Waals surface area contributed by atoms with Gasteiger partial charge < -0.3 is 11.1 Å². The van der Waals surface area contributed by atoms with E-state index in [-0.39, 0.29) is 18.0 Å². The summed E-state index contributed by atoms with van der Waals surface area (Å²) < 4.78 is 26.5. The second-order valence-electron chi connectivity index (χ2n) is 5.24. The lowest BCUT2D eigenvalue weighted by molar-refractivity contribution is -0.0177. The Morgan fingerprint density at radius 1 is 1.50 bits per heavy atom. The lowest BCUT2D eigenvalue weighted by Crippen LogP contribution is -2.53. The molecular weight excluding hydrogens is 234 g/mol. The number of nitrogens with one attached hydrogen (secondary N) is 1. The van der Waals surface area contributed by atoms with Gasteiger partial charge in [0.15, 0.2) is 0 Å². The molecule has 0 aromatic carbocycles. The molecule has 3 N–H and O–H groups in total. The second kappa shape index (κ2) is 4.94. The molecule has 0 aliphatic heterocycles. The van der Waals surface area contributed by atoms with Crippen molar-refractivity contribution in [3.63, 3.8) is 0 Å². The summed E-state index contributed by atoms with van der Waals surface area (Å²) in [6.45, 7) is 2.46. The van der Waals surface area contributed by atoms with Gasteiger partial charge in [-0.1, -0.05) is 30.4 Å². The highest BCUT2D eigenvalue weighted by molar-refractivity contribution is 5.37. The fourth-order valence-electron chi connectivity index (χ4n) is 2.55. The van der Waals surface area contributed by atoms with E-state index in [4.69, 9.17) is 5.73 Å². The van der Waals surface area contributed by atoms with Gasteiger partial charge >= 0.3 is 0 Å². The largest absolute Gasteiger partial charge is 0.324 e. The van der Waals surface area contributed by atoms with Gasteiger partial charge in [-0.05, 0) is 18.9 Å². The zero-order chi connectivity index (χ0) is 13.3. The van der Waals surface area contributed by atoms with Gasteiger partial charge in [-0.25, -0.2) is 8.78 Å². The summed E-state index contributed by atoms with van der Waals surface area (Å²) in [5, 5.41) is 3.03. The van der Waals surface area contributed by atoms with E-state index in [1.807, 2.05) is 30.4 Å². The first-order chi connectivity index (χ1) is 8.39. The van der Waals surface area contributed by atoms with Crippen molar-refractivity contribution in [3.8, 4) is 0 Å². The molecule has 0 spiro atoms. The molecule has 0 fully saturated rings. The molecule has 18 heavy (non-hydrogen) atoms. The van der Waals surface area contributed by atoms with Gasteiger partial charge in [-0.3, -0.25) is 0 Å². The highest BCUT2D eigenvalue weighted by Crippen LogP contribution is 2.31. The molecule has 0 saturated heterocycles. The molecular formula is C14H20F2N2. The highest BCUT2D eigenvalue weighted by atomic mass is 19.3. The number of hydrogen-bond donors (Lipinski definition) is 2. The molecule has 0 radical (unpaired) electrons. The molecule has 0 aromatic rings. The fraction of sp³-hybridized carbons (Fsp3) is 0.571. The first kappa shape index (κ1) is 13.4. The van der Waals surface area contributed by atoms with Crippen LogP contribution in [0.1, 0.15) is 20.3 Å². The minimum atomic E-state index is -2.72. The predicted molar refractivity (Wildman–Crippen MR) is 69.5 cm³/mol. The van der Waals surface area contributed by atoms with E-state index in [0.29, 0.717) is 0 Å². The standard InChI is InChI=1S/C14H20F2N2/c1-9(14(2,15)16)18-12-8-4-6-10-5-3-7-11(17)13(10)12/h3-7,9,11-13,18H,8,17H2,1-2H3. The van der Waals surface area contributed by atoms with Gasteiger partial charge in [-0.2, -0.15) is 0 Å². The maximum Gasteiger partial charge on any atom is 0.260 e. The summed E-state index contributed by atoms with van der Waals surface area (Å²) in [4.78, 5) is 0. The molecule has 2 nitrogen and oxygen atoms in total. The van der Waals surface area contributed by atoms with E-state index in [9.17, 15) is 8.78 Å². The normalized spacial score (nSPS) is 32.9. The molecule has 0 saturated carbocycles. The van der Waals surface area contributed by atoms with Crippen molar-refractivity contribution in [2.24, 2.45) is 11.7 Å². The molecule has 4 unspecified atom stereocenters. The Balaban J connectivity index is 2.12. The van der Waals surface area contributed by atoms with Crippen LogP contribution in [-0.4, -0.2) is 24.0 Å². The van der Waals surface area contributed by atoms with Gasteiger partial charge in [0.05, 0.1) is 6.04 Å². The molecule has 0 aromatic heterocycles. The van der Waals surface area contributed by atoms with Crippen molar-refractivity contribution < 1.29 is 8.78 Å². The Morgan fingerprint density at radius 2 is 2.22 bits per heavy atom. The summed E-state index contributed by atoms with van der Waals surface area (Å²) >= 11 is 0. The minimum Gasteiger partial charge on any atom is -0.324 e. The number of halogens is 2. The molecule has 0 heterocycles. The van der Waals surface area contributed by atoms with Crippen molar-refractivity contribution in [1.82, 2.24) is 5.32 Å². The third-order valence-corrected chi connectivity index (χ3v) is 3.78. The van der Waals surface area contributed by atoms with Crippen LogP contribution in [0.25, 0.3) is 0 Å².